The fourth-order valence-electron chi connectivity index (χ4n) is 4.20. The summed E-state index contributed by atoms with van der Waals surface area (Å²) < 4.78 is 25.5. The van der Waals surface area contributed by atoms with Crippen molar-refractivity contribution in [2.75, 3.05) is 18.5 Å². The number of aromatic nitrogens is 3. The molecular formula is C28H35N4O4PS. The topological polar surface area (TPSA) is 95.3 Å². The molecule has 4 rings (SSSR count). The molecule has 202 valence electrons. The second-order valence-electron chi connectivity index (χ2n) is 9.97. The van der Waals surface area contributed by atoms with Gasteiger partial charge >= 0.3 is 7.60 Å². The van der Waals surface area contributed by atoms with E-state index in [4.69, 9.17) is 14.0 Å². The van der Waals surface area contributed by atoms with Crippen molar-refractivity contribution in [3.05, 3.63) is 71.0 Å². The van der Waals surface area contributed by atoms with Crippen LogP contribution in [-0.2, 0) is 36.4 Å². The summed E-state index contributed by atoms with van der Waals surface area (Å²) in [5.74, 6) is -0.0741. The Morgan fingerprint density at radius 3 is 2.39 bits per heavy atom. The maximum atomic E-state index is 12.8. The number of para-hydroxylation sites is 2. The van der Waals surface area contributed by atoms with Crippen molar-refractivity contribution < 1.29 is 18.4 Å². The normalized spacial score (nSPS) is 12.2. The Balaban J connectivity index is 1.43. The van der Waals surface area contributed by atoms with Crippen LogP contribution in [0.2, 0.25) is 0 Å². The van der Waals surface area contributed by atoms with Gasteiger partial charge in [-0.15, -0.1) is 11.3 Å². The first-order valence-corrected chi connectivity index (χ1v) is 15.4. The van der Waals surface area contributed by atoms with Crippen molar-refractivity contribution in [2.45, 2.75) is 59.0 Å². The SMILES string of the molecule is CCOP(=O)(Cc1ccc(NC(=O)CCc2sc(-n3cnc4ccccc43)nc2C(C)(C)C)cc1)OCC. The Kier molecular flexibility index (Phi) is 8.83. The second kappa shape index (κ2) is 11.9. The van der Waals surface area contributed by atoms with E-state index in [1.165, 1.54) is 0 Å². The predicted octanol–water partition coefficient (Wildman–Crippen LogP) is 7.12. The average molecular weight is 555 g/mol. The quantitative estimate of drug-likeness (QED) is 0.198. The molecule has 0 radical (unpaired) electrons. The lowest BCUT2D eigenvalue weighted by molar-refractivity contribution is -0.116. The minimum absolute atomic E-state index is 0.0741. The molecule has 4 aromatic rings. The summed E-state index contributed by atoms with van der Waals surface area (Å²) in [7, 11) is -3.18. The molecule has 0 spiro atoms. The molecule has 0 aliphatic rings. The highest BCUT2D eigenvalue weighted by atomic mass is 32.1. The van der Waals surface area contributed by atoms with Gasteiger partial charge in [0.1, 0.15) is 6.33 Å². The number of anilines is 1. The standard InChI is InChI=1S/C28H35N4O4PS/c1-6-35-37(34,36-7-2)18-20-12-14-21(15-13-20)30-25(33)17-16-24-26(28(3,4)5)31-27(38-24)32-19-29-22-10-8-9-11-23(22)32/h8-15,19H,6-7,16-18H2,1-5H3,(H,30,33). The third kappa shape index (κ3) is 6.77. The number of imidazole rings is 1. The monoisotopic (exact) mass is 554 g/mol. The number of aryl methyl sites for hydroxylation is 1. The Labute approximate surface area is 228 Å². The van der Waals surface area contributed by atoms with E-state index in [1.54, 1.807) is 31.5 Å². The molecule has 0 saturated carbocycles. The average Bonchev–Trinajstić information content (AvgIpc) is 3.48. The molecule has 0 aliphatic carbocycles. The number of hydrogen-bond acceptors (Lipinski definition) is 7. The van der Waals surface area contributed by atoms with Crippen LogP contribution >= 0.6 is 18.9 Å². The number of carbonyl (C=O) groups is 1. The summed E-state index contributed by atoms with van der Waals surface area (Å²) in [5, 5.41) is 3.82. The van der Waals surface area contributed by atoms with Gasteiger partial charge in [0.2, 0.25) is 5.91 Å². The number of rotatable bonds is 11. The van der Waals surface area contributed by atoms with E-state index in [1.807, 2.05) is 53.1 Å². The Hall–Kier alpha value is -2.84. The second-order valence-corrected chi connectivity index (χ2v) is 13.1. The molecule has 2 aromatic carbocycles. The number of nitrogens with one attached hydrogen (secondary N) is 1. The van der Waals surface area contributed by atoms with Crippen LogP contribution in [0.15, 0.2) is 54.9 Å². The van der Waals surface area contributed by atoms with E-state index in [-0.39, 0.29) is 17.5 Å². The molecule has 38 heavy (non-hydrogen) atoms. The van der Waals surface area contributed by atoms with Crippen LogP contribution in [-0.4, -0.2) is 33.7 Å². The highest BCUT2D eigenvalue weighted by Gasteiger charge is 2.25. The molecular weight excluding hydrogens is 519 g/mol. The fourth-order valence-corrected chi connectivity index (χ4v) is 7.15. The molecule has 2 aromatic heterocycles. The summed E-state index contributed by atoms with van der Waals surface area (Å²) in [6.07, 6.45) is 2.92. The Morgan fingerprint density at radius 2 is 1.74 bits per heavy atom. The number of benzene rings is 2. The van der Waals surface area contributed by atoms with Crippen molar-refractivity contribution in [3.63, 3.8) is 0 Å². The van der Waals surface area contributed by atoms with Crippen LogP contribution in [0, 0.1) is 0 Å². The number of fused-ring (bicyclic) bond motifs is 1. The molecule has 0 unspecified atom stereocenters. The van der Waals surface area contributed by atoms with E-state index in [0.29, 0.717) is 31.7 Å². The zero-order valence-corrected chi connectivity index (χ0v) is 24.3. The van der Waals surface area contributed by atoms with Gasteiger partial charge in [0.15, 0.2) is 5.13 Å². The van der Waals surface area contributed by atoms with Crippen LogP contribution < -0.4 is 5.32 Å². The van der Waals surface area contributed by atoms with E-state index in [0.717, 1.165) is 32.3 Å². The molecule has 1 N–H and O–H groups in total. The first-order chi connectivity index (χ1) is 18.1. The zero-order valence-electron chi connectivity index (χ0n) is 22.6. The lowest BCUT2D eigenvalue weighted by Crippen LogP contribution is -2.16. The van der Waals surface area contributed by atoms with Crippen LogP contribution in [0.5, 0.6) is 0 Å². The van der Waals surface area contributed by atoms with Gasteiger partial charge in [0.25, 0.3) is 0 Å². The van der Waals surface area contributed by atoms with Gasteiger partial charge in [0.05, 0.1) is 36.1 Å². The molecule has 0 atom stereocenters. The summed E-state index contributed by atoms with van der Waals surface area (Å²) >= 11 is 1.60. The third-order valence-corrected chi connectivity index (χ3v) is 9.07. The number of thiazole rings is 1. The number of hydrogen-bond donors (Lipinski definition) is 1. The third-order valence-electron chi connectivity index (χ3n) is 5.90. The Morgan fingerprint density at radius 1 is 1.05 bits per heavy atom. The van der Waals surface area contributed by atoms with Gasteiger partial charge in [-0.3, -0.25) is 13.9 Å². The summed E-state index contributed by atoms with van der Waals surface area (Å²) in [5.41, 5.74) is 4.29. The molecule has 0 saturated heterocycles. The van der Waals surface area contributed by atoms with Crippen molar-refractivity contribution >= 4 is 41.6 Å². The van der Waals surface area contributed by atoms with Gasteiger partial charge < -0.3 is 14.4 Å². The first kappa shape index (κ1) is 28.2. The number of carbonyl (C=O) groups excluding carboxylic acids is 1. The fraction of sp³-hybridized carbons (Fsp3) is 0.393. The van der Waals surface area contributed by atoms with Crippen molar-refractivity contribution in [2.24, 2.45) is 0 Å². The van der Waals surface area contributed by atoms with Crippen LogP contribution in [0.4, 0.5) is 5.69 Å². The van der Waals surface area contributed by atoms with Gasteiger partial charge in [-0.2, -0.15) is 0 Å². The van der Waals surface area contributed by atoms with E-state index in [9.17, 15) is 9.36 Å². The zero-order chi connectivity index (χ0) is 27.3. The summed E-state index contributed by atoms with van der Waals surface area (Å²) in [4.78, 5) is 23.4. The molecule has 8 nitrogen and oxygen atoms in total. The molecule has 0 aliphatic heterocycles. The van der Waals surface area contributed by atoms with Gasteiger partial charge in [-0.05, 0) is 50.1 Å². The number of nitrogens with zero attached hydrogens (tertiary/aromatic N) is 3. The van der Waals surface area contributed by atoms with Crippen molar-refractivity contribution in [1.29, 1.82) is 0 Å². The maximum Gasteiger partial charge on any atom is 0.335 e. The first-order valence-electron chi connectivity index (χ1n) is 12.8. The van der Waals surface area contributed by atoms with Gasteiger partial charge in [0, 0.05) is 22.4 Å². The molecule has 10 heteroatoms. The van der Waals surface area contributed by atoms with Gasteiger partial charge in [-0.1, -0.05) is 45.0 Å². The highest BCUT2D eigenvalue weighted by Crippen LogP contribution is 2.51. The van der Waals surface area contributed by atoms with E-state index >= 15 is 0 Å². The Bertz CT molecular complexity index is 1430. The largest absolute Gasteiger partial charge is 0.335 e. The predicted molar refractivity (Wildman–Crippen MR) is 153 cm³/mol. The minimum atomic E-state index is -3.18. The molecule has 0 fully saturated rings. The van der Waals surface area contributed by atoms with Crippen LogP contribution in [0.1, 0.15) is 57.2 Å². The summed E-state index contributed by atoms with van der Waals surface area (Å²) in [6, 6.07) is 15.3. The van der Waals surface area contributed by atoms with E-state index in [2.05, 4.69) is 31.1 Å². The lowest BCUT2D eigenvalue weighted by atomic mass is 9.90. The number of amides is 1. The van der Waals surface area contributed by atoms with Crippen molar-refractivity contribution in [3.8, 4) is 5.13 Å². The lowest BCUT2D eigenvalue weighted by Gasteiger charge is -2.17. The maximum absolute atomic E-state index is 12.8. The minimum Gasteiger partial charge on any atom is -0.326 e. The highest BCUT2D eigenvalue weighted by molar-refractivity contribution is 7.53. The summed E-state index contributed by atoms with van der Waals surface area (Å²) in [6.45, 7) is 10.6. The van der Waals surface area contributed by atoms with Crippen LogP contribution in [0.25, 0.3) is 16.2 Å². The molecule has 2 heterocycles. The smallest absolute Gasteiger partial charge is 0.326 e. The van der Waals surface area contributed by atoms with Gasteiger partial charge in [-0.25, -0.2) is 9.97 Å². The molecule has 0 bridgehead atoms. The molecule has 1 amide bonds. The van der Waals surface area contributed by atoms with E-state index < -0.39 is 7.60 Å². The van der Waals surface area contributed by atoms with Crippen LogP contribution in [0.3, 0.4) is 0 Å². The van der Waals surface area contributed by atoms with Crippen molar-refractivity contribution in [1.82, 2.24) is 14.5 Å².